The fourth-order valence-electron chi connectivity index (χ4n) is 5.05. The first kappa shape index (κ1) is 20.9. The molecule has 2 N–H and O–H groups in total. The van der Waals surface area contributed by atoms with E-state index in [0.717, 1.165) is 60.4 Å². The predicted molar refractivity (Wildman–Crippen MR) is 128 cm³/mol. The van der Waals surface area contributed by atoms with Gasteiger partial charge in [-0.15, -0.1) is 11.3 Å². The van der Waals surface area contributed by atoms with Crippen LogP contribution >= 0.6 is 11.3 Å². The summed E-state index contributed by atoms with van der Waals surface area (Å²) < 4.78 is 1.06. The summed E-state index contributed by atoms with van der Waals surface area (Å²) in [7, 11) is 0. The Hall–Kier alpha value is -2.93. The Bertz CT molecular complexity index is 1150. The highest BCUT2D eigenvalue weighted by molar-refractivity contribution is 7.21. The molecule has 2 aliphatic heterocycles. The zero-order chi connectivity index (χ0) is 22.1. The summed E-state index contributed by atoms with van der Waals surface area (Å²) in [5.74, 6) is 0.554. The third kappa shape index (κ3) is 3.97. The number of nitrogens with two attached hydrogens (primary N) is 1. The molecule has 6 nitrogen and oxygen atoms in total. The summed E-state index contributed by atoms with van der Waals surface area (Å²) in [6.07, 6.45) is 7.75. The predicted octanol–water partition coefficient (Wildman–Crippen LogP) is 4.23. The molecule has 0 spiro atoms. The van der Waals surface area contributed by atoms with Gasteiger partial charge in [-0.05, 0) is 67.7 Å². The summed E-state index contributed by atoms with van der Waals surface area (Å²) in [6, 6.07) is 11.9. The standard InChI is InChI=1S/C25H28N4O2S/c26-24(30)23-20(19-8-1-2-9-21(19)32-23)16-18-7-3-4-14-29(18)25(31)17-10-11-27-22(15-17)28-12-5-6-13-28/h1-2,8-11,15,18H,3-7,12-14,16H2,(H2,26,30)/t18-/m1/s1. The fourth-order valence-corrected chi connectivity index (χ4v) is 6.14. The molecule has 7 heteroatoms. The lowest BCUT2D eigenvalue weighted by Gasteiger charge is -2.36. The Morgan fingerprint density at radius 1 is 1.06 bits per heavy atom. The van der Waals surface area contributed by atoms with E-state index in [4.69, 9.17) is 5.73 Å². The minimum absolute atomic E-state index is 0.0516. The van der Waals surface area contributed by atoms with Gasteiger partial charge in [-0.3, -0.25) is 9.59 Å². The zero-order valence-corrected chi connectivity index (χ0v) is 18.9. The average Bonchev–Trinajstić information content (AvgIpc) is 3.48. The van der Waals surface area contributed by atoms with Crippen LogP contribution in [0.25, 0.3) is 10.1 Å². The number of carbonyl (C=O) groups excluding carboxylic acids is 2. The molecular weight excluding hydrogens is 420 g/mol. The Balaban J connectivity index is 1.43. The number of hydrogen-bond donors (Lipinski definition) is 1. The van der Waals surface area contributed by atoms with Gasteiger partial charge in [0, 0.05) is 42.1 Å². The van der Waals surface area contributed by atoms with Crippen molar-refractivity contribution in [3.05, 3.63) is 58.6 Å². The van der Waals surface area contributed by atoms with Gasteiger partial charge in [0.2, 0.25) is 0 Å². The molecule has 2 amide bonds. The number of nitrogens with zero attached hydrogens (tertiary/aromatic N) is 3. The van der Waals surface area contributed by atoms with Crippen molar-refractivity contribution in [3.8, 4) is 0 Å². The number of amides is 2. The number of likely N-dealkylation sites (tertiary alicyclic amines) is 1. The minimum Gasteiger partial charge on any atom is -0.365 e. The molecule has 2 aromatic heterocycles. The van der Waals surface area contributed by atoms with E-state index in [1.54, 1.807) is 6.20 Å². The van der Waals surface area contributed by atoms with E-state index < -0.39 is 0 Å². The molecule has 0 saturated carbocycles. The number of fused-ring (bicyclic) bond motifs is 1. The molecule has 0 unspecified atom stereocenters. The lowest BCUT2D eigenvalue weighted by atomic mass is 9.93. The molecule has 2 saturated heterocycles. The van der Waals surface area contributed by atoms with Crippen LogP contribution in [-0.4, -0.2) is 47.4 Å². The molecule has 1 atom stereocenters. The van der Waals surface area contributed by atoms with Crippen molar-refractivity contribution in [1.82, 2.24) is 9.88 Å². The summed E-state index contributed by atoms with van der Waals surface area (Å²) in [4.78, 5) is 35.1. The van der Waals surface area contributed by atoms with E-state index in [1.165, 1.54) is 24.2 Å². The number of pyridine rings is 1. The number of aromatic nitrogens is 1. The van der Waals surface area contributed by atoms with Crippen LogP contribution in [0.4, 0.5) is 5.82 Å². The second-order valence-electron chi connectivity index (χ2n) is 8.72. The van der Waals surface area contributed by atoms with Crippen LogP contribution < -0.4 is 10.6 Å². The van der Waals surface area contributed by atoms with Gasteiger partial charge >= 0.3 is 0 Å². The van der Waals surface area contributed by atoms with Gasteiger partial charge in [-0.1, -0.05) is 18.2 Å². The first-order valence-electron chi connectivity index (χ1n) is 11.4. The molecule has 0 aliphatic carbocycles. The maximum atomic E-state index is 13.6. The normalized spacial score (nSPS) is 18.9. The second-order valence-corrected chi connectivity index (χ2v) is 9.77. The highest BCUT2D eigenvalue weighted by atomic mass is 32.1. The Kier molecular flexibility index (Phi) is 5.83. The SMILES string of the molecule is NC(=O)c1sc2ccccc2c1C[C@H]1CCCCN1C(=O)c1ccnc(N2CCCC2)c1. The average molecular weight is 449 g/mol. The Morgan fingerprint density at radius 2 is 1.84 bits per heavy atom. The second kappa shape index (κ2) is 8.90. The molecule has 3 aromatic rings. The summed E-state index contributed by atoms with van der Waals surface area (Å²) in [5.41, 5.74) is 7.40. The molecule has 0 bridgehead atoms. The monoisotopic (exact) mass is 448 g/mol. The number of hydrogen-bond acceptors (Lipinski definition) is 5. The number of anilines is 1. The van der Waals surface area contributed by atoms with E-state index >= 15 is 0 Å². The van der Waals surface area contributed by atoms with Crippen molar-refractivity contribution in [3.63, 3.8) is 0 Å². The van der Waals surface area contributed by atoms with Crippen molar-refractivity contribution < 1.29 is 9.59 Å². The molecule has 32 heavy (non-hydrogen) atoms. The molecule has 4 heterocycles. The number of thiophene rings is 1. The first-order chi connectivity index (χ1) is 15.6. The van der Waals surface area contributed by atoms with Crippen molar-refractivity contribution in [2.45, 2.75) is 44.6 Å². The zero-order valence-electron chi connectivity index (χ0n) is 18.1. The van der Waals surface area contributed by atoms with Gasteiger partial charge in [0.05, 0.1) is 4.88 Å². The molecule has 1 aromatic carbocycles. The van der Waals surface area contributed by atoms with Gasteiger partial charge < -0.3 is 15.5 Å². The van der Waals surface area contributed by atoms with Crippen LogP contribution in [0, 0.1) is 0 Å². The lowest BCUT2D eigenvalue weighted by Crippen LogP contribution is -2.45. The van der Waals surface area contributed by atoms with Crippen molar-refractivity contribution in [2.24, 2.45) is 5.73 Å². The number of benzene rings is 1. The number of rotatable bonds is 5. The lowest BCUT2D eigenvalue weighted by molar-refractivity contribution is 0.0614. The molecule has 166 valence electrons. The highest BCUT2D eigenvalue weighted by Gasteiger charge is 2.30. The van der Waals surface area contributed by atoms with Crippen molar-refractivity contribution in [1.29, 1.82) is 0 Å². The molecular formula is C25H28N4O2S. The van der Waals surface area contributed by atoms with E-state index in [2.05, 4.69) is 9.88 Å². The number of piperidine rings is 1. The summed E-state index contributed by atoms with van der Waals surface area (Å²) in [6.45, 7) is 2.73. The van der Waals surface area contributed by atoms with Crippen LogP contribution in [-0.2, 0) is 6.42 Å². The summed E-state index contributed by atoms with van der Waals surface area (Å²) >= 11 is 1.45. The van der Waals surface area contributed by atoms with Gasteiger partial charge in [-0.2, -0.15) is 0 Å². The molecule has 0 radical (unpaired) electrons. The number of primary amides is 1. The fraction of sp³-hybridized carbons (Fsp3) is 0.400. The van der Waals surface area contributed by atoms with Gasteiger partial charge in [0.15, 0.2) is 0 Å². The van der Waals surface area contributed by atoms with Crippen LogP contribution in [0.15, 0.2) is 42.6 Å². The molecule has 5 rings (SSSR count). The van der Waals surface area contributed by atoms with Gasteiger partial charge in [0.25, 0.3) is 11.8 Å². The van der Waals surface area contributed by atoms with E-state index in [0.29, 0.717) is 16.9 Å². The van der Waals surface area contributed by atoms with Crippen molar-refractivity contribution >= 4 is 39.1 Å². The van der Waals surface area contributed by atoms with E-state index in [1.807, 2.05) is 41.3 Å². The van der Waals surface area contributed by atoms with E-state index in [9.17, 15) is 9.59 Å². The van der Waals surface area contributed by atoms with Crippen LogP contribution in [0.2, 0.25) is 0 Å². The first-order valence-corrected chi connectivity index (χ1v) is 12.3. The topological polar surface area (TPSA) is 79.5 Å². The Morgan fingerprint density at radius 3 is 2.66 bits per heavy atom. The Labute approximate surface area is 192 Å². The highest BCUT2D eigenvalue weighted by Crippen LogP contribution is 2.34. The largest absolute Gasteiger partial charge is 0.365 e. The van der Waals surface area contributed by atoms with Crippen LogP contribution in [0.3, 0.4) is 0 Å². The van der Waals surface area contributed by atoms with Crippen LogP contribution in [0.5, 0.6) is 0 Å². The maximum absolute atomic E-state index is 13.6. The molecule has 2 aliphatic rings. The quantitative estimate of drug-likeness (QED) is 0.633. The maximum Gasteiger partial charge on any atom is 0.259 e. The smallest absolute Gasteiger partial charge is 0.259 e. The van der Waals surface area contributed by atoms with Gasteiger partial charge in [0.1, 0.15) is 5.82 Å². The minimum atomic E-state index is -0.390. The van der Waals surface area contributed by atoms with E-state index in [-0.39, 0.29) is 17.9 Å². The third-order valence-corrected chi connectivity index (χ3v) is 7.90. The van der Waals surface area contributed by atoms with Gasteiger partial charge in [-0.25, -0.2) is 4.98 Å². The third-order valence-electron chi connectivity index (χ3n) is 6.67. The number of carbonyl (C=O) groups is 2. The summed E-state index contributed by atoms with van der Waals surface area (Å²) in [5, 5.41) is 1.07. The molecule has 2 fully saturated rings. The van der Waals surface area contributed by atoms with Crippen LogP contribution in [0.1, 0.15) is 57.7 Å². The van der Waals surface area contributed by atoms with Crippen molar-refractivity contribution in [2.75, 3.05) is 24.5 Å².